The highest BCUT2D eigenvalue weighted by Crippen LogP contribution is 2.35. The fourth-order valence-electron chi connectivity index (χ4n) is 2.04. The van der Waals surface area contributed by atoms with Crippen LogP contribution in [0.3, 0.4) is 0 Å². The van der Waals surface area contributed by atoms with Gasteiger partial charge in [0.2, 0.25) is 0 Å². The molecular weight excluding hydrogens is 186 g/mol. The van der Waals surface area contributed by atoms with Gasteiger partial charge in [0, 0.05) is 6.54 Å². The lowest BCUT2D eigenvalue weighted by Crippen LogP contribution is -2.42. The van der Waals surface area contributed by atoms with Crippen LogP contribution in [0.2, 0.25) is 0 Å². The van der Waals surface area contributed by atoms with E-state index in [1.807, 2.05) is 13.8 Å². The highest BCUT2D eigenvalue weighted by molar-refractivity contribution is 4.95. The molecule has 0 aromatic heterocycles. The second-order valence-electron chi connectivity index (χ2n) is 4.24. The first-order valence-corrected chi connectivity index (χ1v) is 4.89. The molecule has 0 radical (unpaired) electrons. The van der Waals surface area contributed by atoms with Gasteiger partial charge < -0.3 is 25.1 Å². The molecule has 82 valence electrons. The van der Waals surface area contributed by atoms with Crippen molar-refractivity contribution in [3.8, 4) is 0 Å². The molecular formula is C9H17NO4. The molecule has 0 spiro atoms. The first-order valence-electron chi connectivity index (χ1n) is 4.89. The minimum Gasteiger partial charge on any atom is -0.389 e. The summed E-state index contributed by atoms with van der Waals surface area (Å²) in [5.74, 6) is -0.578. The van der Waals surface area contributed by atoms with Gasteiger partial charge in [-0.25, -0.2) is 0 Å². The summed E-state index contributed by atoms with van der Waals surface area (Å²) in [7, 11) is 0. The van der Waals surface area contributed by atoms with E-state index in [1.54, 1.807) is 0 Å². The van der Waals surface area contributed by atoms with Gasteiger partial charge in [-0.2, -0.15) is 0 Å². The molecule has 2 heterocycles. The SMILES string of the molecule is CC1(C)O[C@H]2[C@@H]([C@@H](O)CN)OC[C@H]2O1. The maximum absolute atomic E-state index is 9.59. The molecule has 0 saturated carbocycles. The average molecular weight is 203 g/mol. The maximum atomic E-state index is 9.59. The molecule has 14 heavy (non-hydrogen) atoms. The van der Waals surface area contributed by atoms with Gasteiger partial charge in [-0.3, -0.25) is 0 Å². The average Bonchev–Trinajstić information content (AvgIpc) is 2.58. The summed E-state index contributed by atoms with van der Waals surface area (Å²) in [6.45, 7) is 4.36. The van der Waals surface area contributed by atoms with E-state index in [-0.39, 0.29) is 24.9 Å². The van der Waals surface area contributed by atoms with Gasteiger partial charge in [-0.15, -0.1) is 0 Å². The van der Waals surface area contributed by atoms with Crippen molar-refractivity contribution in [1.29, 1.82) is 0 Å². The van der Waals surface area contributed by atoms with Crippen molar-refractivity contribution in [2.24, 2.45) is 5.73 Å². The summed E-state index contributed by atoms with van der Waals surface area (Å²) in [5.41, 5.74) is 5.38. The molecule has 0 unspecified atom stereocenters. The summed E-state index contributed by atoms with van der Waals surface area (Å²) >= 11 is 0. The molecule has 5 nitrogen and oxygen atoms in total. The van der Waals surface area contributed by atoms with Crippen LogP contribution in [0.5, 0.6) is 0 Å². The Morgan fingerprint density at radius 1 is 1.50 bits per heavy atom. The van der Waals surface area contributed by atoms with Crippen LogP contribution < -0.4 is 5.73 Å². The monoisotopic (exact) mass is 203 g/mol. The zero-order valence-corrected chi connectivity index (χ0v) is 8.47. The first kappa shape index (κ1) is 10.3. The van der Waals surface area contributed by atoms with Crippen LogP contribution in [-0.4, -0.2) is 48.5 Å². The van der Waals surface area contributed by atoms with Crippen LogP contribution in [0.15, 0.2) is 0 Å². The smallest absolute Gasteiger partial charge is 0.164 e. The predicted octanol–water partition coefficient (Wildman–Crippen LogP) is -0.775. The minimum atomic E-state index is -0.678. The van der Waals surface area contributed by atoms with Crippen LogP contribution in [-0.2, 0) is 14.2 Å². The van der Waals surface area contributed by atoms with Gasteiger partial charge in [0.1, 0.15) is 18.3 Å². The number of hydrogen-bond acceptors (Lipinski definition) is 5. The fraction of sp³-hybridized carbons (Fsp3) is 1.00. The third-order valence-corrected chi connectivity index (χ3v) is 2.62. The molecule has 4 atom stereocenters. The Hall–Kier alpha value is -0.200. The number of fused-ring (bicyclic) bond motifs is 1. The molecule has 0 bridgehead atoms. The molecule has 0 amide bonds. The molecule has 0 aromatic carbocycles. The lowest BCUT2D eigenvalue weighted by atomic mass is 10.1. The summed E-state index contributed by atoms with van der Waals surface area (Å²) in [6.07, 6.45) is -1.30. The van der Waals surface area contributed by atoms with E-state index in [2.05, 4.69) is 0 Å². The topological polar surface area (TPSA) is 73.9 Å². The molecule has 0 aliphatic carbocycles. The van der Waals surface area contributed by atoms with E-state index >= 15 is 0 Å². The maximum Gasteiger partial charge on any atom is 0.164 e. The Morgan fingerprint density at radius 2 is 2.21 bits per heavy atom. The van der Waals surface area contributed by atoms with Crippen molar-refractivity contribution in [2.45, 2.75) is 44.1 Å². The zero-order valence-electron chi connectivity index (χ0n) is 8.47. The highest BCUT2D eigenvalue weighted by atomic mass is 16.8. The number of rotatable bonds is 2. The summed E-state index contributed by atoms with van der Waals surface area (Å²) in [4.78, 5) is 0. The summed E-state index contributed by atoms with van der Waals surface area (Å²) in [6, 6.07) is 0. The normalized spacial score (nSPS) is 42.4. The number of aliphatic hydroxyl groups excluding tert-OH is 1. The van der Waals surface area contributed by atoms with Crippen molar-refractivity contribution in [2.75, 3.05) is 13.2 Å². The van der Waals surface area contributed by atoms with Gasteiger partial charge in [-0.05, 0) is 13.8 Å². The molecule has 2 rings (SSSR count). The van der Waals surface area contributed by atoms with Crippen molar-refractivity contribution in [3.63, 3.8) is 0 Å². The van der Waals surface area contributed by atoms with Crippen LogP contribution in [0.25, 0.3) is 0 Å². The zero-order chi connectivity index (χ0) is 10.3. The number of aliphatic hydroxyl groups is 1. The van der Waals surface area contributed by atoms with Gasteiger partial charge in [0.15, 0.2) is 5.79 Å². The third-order valence-electron chi connectivity index (χ3n) is 2.62. The Morgan fingerprint density at radius 3 is 2.86 bits per heavy atom. The first-order chi connectivity index (χ1) is 6.53. The molecule has 2 fully saturated rings. The van der Waals surface area contributed by atoms with Gasteiger partial charge in [0.05, 0.1) is 12.7 Å². The molecule has 2 aliphatic heterocycles. The van der Waals surface area contributed by atoms with Crippen molar-refractivity contribution in [1.82, 2.24) is 0 Å². The number of hydrogen-bond donors (Lipinski definition) is 2. The highest BCUT2D eigenvalue weighted by Gasteiger charge is 2.51. The molecule has 0 aromatic rings. The van der Waals surface area contributed by atoms with Gasteiger partial charge >= 0.3 is 0 Å². The van der Waals surface area contributed by atoms with Gasteiger partial charge in [0.25, 0.3) is 0 Å². The molecule has 5 heteroatoms. The van der Waals surface area contributed by atoms with Crippen LogP contribution >= 0.6 is 0 Å². The lowest BCUT2D eigenvalue weighted by molar-refractivity contribution is -0.183. The molecule has 2 saturated heterocycles. The number of ether oxygens (including phenoxy) is 3. The summed E-state index contributed by atoms with van der Waals surface area (Å²) < 4.78 is 16.6. The van der Waals surface area contributed by atoms with E-state index < -0.39 is 11.9 Å². The fourth-order valence-corrected chi connectivity index (χ4v) is 2.04. The standard InChI is InChI=1S/C9H17NO4/c1-9(2)13-6-4-12-7(5(11)3-10)8(6)14-9/h5-8,11H,3-4,10H2,1-2H3/t5-,6+,7+,8+/m0/s1. The number of nitrogens with two attached hydrogens (primary N) is 1. The third kappa shape index (κ3) is 1.66. The van der Waals surface area contributed by atoms with Crippen LogP contribution in [0.1, 0.15) is 13.8 Å². The predicted molar refractivity (Wildman–Crippen MR) is 48.6 cm³/mol. The minimum absolute atomic E-state index is 0.0730. The molecule has 2 aliphatic rings. The van der Waals surface area contributed by atoms with Gasteiger partial charge in [-0.1, -0.05) is 0 Å². The van der Waals surface area contributed by atoms with E-state index in [1.165, 1.54) is 0 Å². The van der Waals surface area contributed by atoms with Crippen molar-refractivity contribution < 1.29 is 19.3 Å². The van der Waals surface area contributed by atoms with Crippen LogP contribution in [0, 0.1) is 0 Å². The molecule has 3 N–H and O–H groups in total. The Bertz CT molecular complexity index is 221. The second-order valence-corrected chi connectivity index (χ2v) is 4.24. The largest absolute Gasteiger partial charge is 0.389 e. The Kier molecular flexibility index (Phi) is 2.53. The Balaban J connectivity index is 2.04. The lowest BCUT2D eigenvalue weighted by Gasteiger charge is -2.24. The van der Waals surface area contributed by atoms with E-state index in [0.717, 1.165) is 0 Å². The van der Waals surface area contributed by atoms with Crippen molar-refractivity contribution >= 4 is 0 Å². The quantitative estimate of drug-likeness (QED) is 0.616. The van der Waals surface area contributed by atoms with E-state index in [0.29, 0.717) is 6.61 Å². The van der Waals surface area contributed by atoms with Crippen molar-refractivity contribution in [3.05, 3.63) is 0 Å². The van der Waals surface area contributed by atoms with Crippen LogP contribution in [0.4, 0.5) is 0 Å². The Labute approximate surface area is 83.1 Å². The van der Waals surface area contributed by atoms with E-state index in [4.69, 9.17) is 19.9 Å². The second kappa shape index (κ2) is 3.43. The summed E-state index contributed by atoms with van der Waals surface area (Å²) in [5, 5.41) is 9.59. The van der Waals surface area contributed by atoms with E-state index in [9.17, 15) is 5.11 Å².